The minimum atomic E-state index is -0.524. The standard InChI is InChI=1S/C12H14ClN3OS/c1-12(2,14)6-10(17)16-11-15-8-4-3-7(13)5-9(8)18-11/h3-5H,6,14H2,1-2H3,(H,15,16,17). The minimum absolute atomic E-state index is 0.132. The predicted molar refractivity (Wildman–Crippen MR) is 76.1 cm³/mol. The van der Waals surface area contributed by atoms with Gasteiger partial charge in [0.05, 0.1) is 10.2 Å². The summed E-state index contributed by atoms with van der Waals surface area (Å²) in [7, 11) is 0. The van der Waals surface area contributed by atoms with Crippen molar-refractivity contribution in [2.45, 2.75) is 25.8 Å². The van der Waals surface area contributed by atoms with Crippen LogP contribution >= 0.6 is 22.9 Å². The van der Waals surface area contributed by atoms with Gasteiger partial charge in [-0.15, -0.1) is 0 Å². The van der Waals surface area contributed by atoms with Crippen LogP contribution in [-0.2, 0) is 4.79 Å². The number of carbonyl (C=O) groups is 1. The zero-order valence-corrected chi connectivity index (χ0v) is 11.7. The van der Waals surface area contributed by atoms with Crippen molar-refractivity contribution < 1.29 is 4.79 Å². The number of fused-ring (bicyclic) bond motifs is 1. The zero-order valence-electron chi connectivity index (χ0n) is 10.2. The minimum Gasteiger partial charge on any atom is -0.325 e. The molecule has 0 saturated heterocycles. The molecule has 0 aliphatic heterocycles. The van der Waals surface area contributed by atoms with Crippen LogP contribution in [-0.4, -0.2) is 16.4 Å². The Labute approximate surface area is 114 Å². The van der Waals surface area contributed by atoms with E-state index >= 15 is 0 Å². The summed E-state index contributed by atoms with van der Waals surface area (Å²) in [5.74, 6) is -0.132. The van der Waals surface area contributed by atoms with E-state index in [0.717, 1.165) is 10.2 Å². The Bertz CT molecular complexity index is 589. The highest BCUT2D eigenvalue weighted by Crippen LogP contribution is 2.28. The van der Waals surface area contributed by atoms with Crippen molar-refractivity contribution >= 4 is 44.2 Å². The lowest BCUT2D eigenvalue weighted by molar-refractivity contribution is -0.117. The predicted octanol–water partition coefficient (Wildman–Crippen LogP) is 3.02. The second kappa shape index (κ2) is 4.84. The van der Waals surface area contributed by atoms with Crippen LogP contribution in [0, 0.1) is 0 Å². The van der Waals surface area contributed by atoms with Gasteiger partial charge in [0.2, 0.25) is 5.91 Å². The molecule has 0 aliphatic carbocycles. The maximum absolute atomic E-state index is 11.7. The molecule has 1 amide bonds. The fourth-order valence-electron chi connectivity index (χ4n) is 1.53. The van der Waals surface area contributed by atoms with Crippen molar-refractivity contribution in [2.24, 2.45) is 5.73 Å². The Morgan fingerprint density at radius 3 is 2.94 bits per heavy atom. The number of halogens is 1. The van der Waals surface area contributed by atoms with Crippen LogP contribution in [0.4, 0.5) is 5.13 Å². The third-order valence-corrected chi connectivity index (χ3v) is 3.38. The first kappa shape index (κ1) is 13.3. The lowest BCUT2D eigenvalue weighted by Gasteiger charge is -2.16. The summed E-state index contributed by atoms with van der Waals surface area (Å²) in [4.78, 5) is 16.0. The molecular formula is C12H14ClN3OS. The smallest absolute Gasteiger partial charge is 0.227 e. The van der Waals surface area contributed by atoms with Crippen LogP contribution in [0.2, 0.25) is 5.02 Å². The summed E-state index contributed by atoms with van der Waals surface area (Å²) < 4.78 is 0.949. The van der Waals surface area contributed by atoms with Gasteiger partial charge in [-0.3, -0.25) is 4.79 Å². The molecule has 0 radical (unpaired) electrons. The van der Waals surface area contributed by atoms with Gasteiger partial charge in [0.15, 0.2) is 5.13 Å². The van der Waals surface area contributed by atoms with Crippen molar-refractivity contribution in [1.29, 1.82) is 0 Å². The lowest BCUT2D eigenvalue weighted by atomic mass is 10.0. The summed E-state index contributed by atoms with van der Waals surface area (Å²) in [5, 5.41) is 3.98. The molecule has 96 valence electrons. The third-order valence-electron chi connectivity index (χ3n) is 2.21. The van der Waals surface area contributed by atoms with E-state index in [1.807, 2.05) is 26.0 Å². The van der Waals surface area contributed by atoms with Crippen LogP contribution in [0.15, 0.2) is 18.2 Å². The van der Waals surface area contributed by atoms with Gasteiger partial charge >= 0.3 is 0 Å². The van der Waals surface area contributed by atoms with Crippen molar-refractivity contribution in [2.75, 3.05) is 5.32 Å². The fourth-order valence-corrected chi connectivity index (χ4v) is 2.69. The normalized spacial score (nSPS) is 11.8. The third kappa shape index (κ3) is 3.41. The van der Waals surface area contributed by atoms with Crippen molar-refractivity contribution in [3.63, 3.8) is 0 Å². The van der Waals surface area contributed by atoms with E-state index in [0.29, 0.717) is 10.2 Å². The summed E-state index contributed by atoms with van der Waals surface area (Å²) >= 11 is 7.29. The molecule has 2 rings (SSSR count). The van der Waals surface area contributed by atoms with Gasteiger partial charge in [-0.2, -0.15) is 0 Å². The number of nitrogens with zero attached hydrogens (tertiary/aromatic N) is 1. The molecular weight excluding hydrogens is 270 g/mol. The van der Waals surface area contributed by atoms with E-state index < -0.39 is 5.54 Å². The molecule has 1 heterocycles. The number of rotatable bonds is 3. The van der Waals surface area contributed by atoms with E-state index in [1.165, 1.54) is 11.3 Å². The van der Waals surface area contributed by atoms with Gasteiger partial charge in [-0.25, -0.2) is 4.98 Å². The molecule has 3 N–H and O–H groups in total. The van der Waals surface area contributed by atoms with E-state index in [4.69, 9.17) is 17.3 Å². The summed E-state index contributed by atoms with van der Waals surface area (Å²) in [6, 6.07) is 5.44. The maximum Gasteiger partial charge on any atom is 0.227 e. The van der Waals surface area contributed by atoms with Crippen molar-refractivity contribution in [3.8, 4) is 0 Å². The molecule has 0 saturated carbocycles. The van der Waals surface area contributed by atoms with Gasteiger partial charge in [0, 0.05) is 17.0 Å². The Morgan fingerprint density at radius 1 is 1.56 bits per heavy atom. The number of anilines is 1. The molecule has 0 unspecified atom stereocenters. The van der Waals surface area contributed by atoms with Crippen LogP contribution < -0.4 is 11.1 Å². The number of carbonyl (C=O) groups excluding carboxylic acids is 1. The Kier molecular flexibility index (Phi) is 3.56. The molecule has 2 aromatic rings. The molecule has 0 bridgehead atoms. The lowest BCUT2D eigenvalue weighted by Crippen LogP contribution is -2.36. The fraction of sp³-hybridized carbons (Fsp3) is 0.333. The van der Waals surface area contributed by atoms with Crippen LogP contribution in [0.5, 0.6) is 0 Å². The monoisotopic (exact) mass is 283 g/mol. The van der Waals surface area contributed by atoms with Gasteiger partial charge in [-0.05, 0) is 32.0 Å². The van der Waals surface area contributed by atoms with E-state index in [9.17, 15) is 4.79 Å². The molecule has 0 aliphatic rings. The highest BCUT2D eigenvalue weighted by Gasteiger charge is 2.17. The first-order chi connectivity index (χ1) is 8.33. The van der Waals surface area contributed by atoms with Crippen molar-refractivity contribution in [3.05, 3.63) is 23.2 Å². The van der Waals surface area contributed by atoms with E-state index in [2.05, 4.69) is 10.3 Å². The number of aromatic nitrogens is 1. The first-order valence-corrected chi connectivity index (χ1v) is 6.68. The Balaban J connectivity index is 2.15. The molecule has 1 aromatic carbocycles. The second-order valence-electron chi connectivity index (χ2n) is 4.84. The average Bonchev–Trinajstić information content (AvgIpc) is 2.55. The maximum atomic E-state index is 11.7. The summed E-state index contributed by atoms with van der Waals surface area (Å²) in [6.45, 7) is 3.62. The van der Waals surface area contributed by atoms with E-state index in [-0.39, 0.29) is 12.3 Å². The highest BCUT2D eigenvalue weighted by atomic mass is 35.5. The molecule has 6 heteroatoms. The molecule has 1 aromatic heterocycles. The number of thiazole rings is 1. The van der Waals surface area contributed by atoms with Gasteiger partial charge < -0.3 is 11.1 Å². The Morgan fingerprint density at radius 2 is 2.28 bits per heavy atom. The van der Waals surface area contributed by atoms with Gasteiger partial charge in [0.1, 0.15) is 0 Å². The summed E-state index contributed by atoms with van der Waals surface area (Å²) in [5.41, 5.74) is 6.09. The van der Waals surface area contributed by atoms with Crippen LogP contribution in [0.25, 0.3) is 10.2 Å². The molecule has 0 spiro atoms. The second-order valence-corrected chi connectivity index (χ2v) is 6.31. The van der Waals surface area contributed by atoms with Crippen molar-refractivity contribution in [1.82, 2.24) is 4.98 Å². The number of nitrogens with one attached hydrogen (secondary N) is 1. The van der Waals surface area contributed by atoms with Crippen LogP contribution in [0.3, 0.4) is 0 Å². The average molecular weight is 284 g/mol. The number of benzene rings is 1. The SMILES string of the molecule is CC(C)(N)CC(=O)Nc1nc2ccc(Cl)cc2s1. The largest absolute Gasteiger partial charge is 0.325 e. The van der Waals surface area contributed by atoms with Gasteiger partial charge in [0.25, 0.3) is 0 Å². The molecule has 18 heavy (non-hydrogen) atoms. The quantitative estimate of drug-likeness (QED) is 0.910. The Hall–Kier alpha value is -1.17. The number of amides is 1. The first-order valence-electron chi connectivity index (χ1n) is 5.48. The number of nitrogens with two attached hydrogens (primary N) is 1. The van der Waals surface area contributed by atoms with E-state index in [1.54, 1.807) is 6.07 Å². The molecule has 0 fully saturated rings. The number of hydrogen-bond donors (Lipinski definition) is 2. The highest BCUT2D eigenvalue weighted by molar-refractivity contribution is 7.22. The van der Waals surface area contributed by atoms with Crippen LogP contribution in [0.1, 0.15) is 20.3 Å². The molecule has 0 atom stereocenters. The molecule has 4 nitrogen and oxygen atoms in total. The zero-order chi connectivity index (χ0) is 13.3. The summed E-state index contributed by atoms with van der Waals surface area (Å²) in [6.07, 6.45) is 0.254. The number of hydrogen-bond acceptors (Lipinski definition) is 4. The van der Waals surface area contributed by atoms with Gasteiger partial charge in [-0.1, -0.05) is 22.9 Å². The topological polar surface area (TPSA) is 68.0 Å².